The van der Waals surface area contributed by atoms with Crippen LogP contribution in [0, 0.1) is 0 Å². The minimum atomic E-state index is -3.67. The van der Waals surface area contributed by atoms with Crippen molar-refractivity contribution < 1.29 is 18.0 Å². The van der Waals surface area contributed by atoms with E-state index < -0.39 is 27.4 Å². The van der Waals surface area contributed by atoms with Gasteiger partial charge in [0.2, 0.25) is 21.8 Å². The van der Waals surface area contributed by atoms with Gasteiger partial charge in [0.15, 0.2) is 0 Å². The number of hydrogen-bond donors (Lipinski definition) is 2. The van der Waals surface area contributed by atoms with E-state index in [-0.39, 0.29) is 18.3 Å². The normalized spacial score (nSPS) is 28.2. The molecule has 0 bridgehead atoms. The van der Waals surface area contributed by atoms with Gasteiger partial charge in [-0.15, -0.1) is 0 Å². The Labute approximate surface area is 119 Å². The van der Waals surface area contributed by atoms with Crippen LogP contribution in [-0.4, -0.2) is 55.0 Å². The fraction of sp³-hybridized carbons (Fsp3) is 0.833. The van der Waals surface area contributed by atoms with Crippen LogP contribution in [0.15, 0.2) is 0 Å². The Bertz CT molecular complexity index is 509. The molecule has 2 amide bonds. The van der Waals surface area contributed by atoms with Gasteiger partial charge in [-0.1, -0.05) is 6.42 Å². The van der Waals surface area contributed by atoms with Gasteiger partial charge in [0.1, 0.15) is 5.54 Å². The van der Waals surface area contributed by atoms with Gasteiger partial charge in [0.25, 0.3) is 0 Å². The number of rotatable bonds is 3. The molecule has 2 saturated heterocycles. The maximum Gasteiger partial charge on any atom is 0.247 e. The van der Waals surface area contributed by atoms with Crippen LogP contribution in [0.2, 0.25) is 0 Å². The van der Waals surface area contributed by atoms with Crippen molar-refractivity contribution in [1.29, 1.82) is 0 Å². The molecule has 0 aromatic rings. The van der Waals surface area contributed by atoms with Crippen LogP contribution in [0.25, 0.3) is 0 Å². The topological polar surface area (TPSA) is 95.6 Å². The van der Waals surface area contributed by atoms with Gasteiger partial charge in [-0.05, 0) is 33.2 Å². The molecular formula is C12H21N3O4S. The summed E-state index contributed by atoms with van der Waals surface area (Å²) in [5.41, 5.74) is -1.23. The molecule has 2 aliphatic rings. The van der Waals surface area contributed by atoms with Crippen molar-refractivity contribution in [3.05, 3.63) is 0 Å². The van der Waals surface area contributed by atoms with Crippen molar-refractivity contribution in [1.82, 2.24) is 14.9 Å². The summed E-state index contributed by atoms with van der Waals surface area (Å²) in [6.45, 7) is 3.54. The molecule has 0 aliphatic carbocycles. The molecule has 0 spiro atoms. The number of amides is 2. The van der Waals surface area contributed by atoms with Gasteiger partial charge >= 0.3 is 0 Å². The second kappa shape index (κ2) is 5.42. The average molecular weight is 303 g/mol. The molecule has 114 valence electrons. The third-order valence-corrected chi connectivity index (χ3v) is 5.96. The number of carbonyl (C=O) groups excluding carboxylic acids is 2. The Hall–Kier alpha value is -0.990. The Morgan fingerprint density at radius 1 is 1.30 bits per heavy atom. The molecule has 1 atom stereocenters. The second-order valence-corrected chi connectivity index (χ2v) is 7.81. The van der Waals surface area contributed by atoms with Crippen molar-refractivity contribution >= 4 is 21.8 Å². The molecule has 0 radical (unpaired) electrons. The van der Waals surface area contributed by atoms with Crippen molar-refractivity contribution in [2.24, 2.45) is 0 Å². The van der Waals surface area contributed by atoms with E-state index in [0.29, 0.717) is 0 Å². The van der Waals surface area contributed by atoms with Crippen LogP contribution in [-0.2, 0) is 19.6 Å². The Balaban J connectivity index is 2.18. The summed E-state index contributed by atoms with van der Waals surface area (Å²) in [5, 5.41) is 5.35. The first-order valence-corrected chi connectivity index (χ1v) is 8.42. The summed E-state index contributed by atoms with van der Waals surface area (Å²) in [4.78, 5) is 23.3. The van der Waals surface area contributed by atoms with Crippen LogP contribution in [0.4, 0.5) is 0 Å². The first-order valence-electron chi connectivity index (χ1n) is 6.81. The smallest absolute Gasteiger partial charge is 0.247 e. The predicted molar refractivity (Wildman–Crippen MR) is 73.4 cm³/mol. The Kier molecular flexibility index (Phi) is 4.17. The zero-order valence-electron chi connectivity index (χ0n) is 11.8. The van der Waals surface area contributed by atoms with Gasteiger partial charge in [-0.25, -0.2) is 8.42 Å². The summed E-state index contributed by atoms with van der Waals surface area (Å²) in [5.74, 6) is -1.22. The monoisotopic (exact) mass is 303 g/mol. The van der Waals surface area contributed by atoms with Gasteiger partial charge in [-0.3, -0.25) is 14.9 Å². The van der Waals surface area contributed by atoms with Crippen LogP contribution < -0.4 is 10.6 Å². The van der Waals surface area contributed by atoms with E-state index in [2.05, 4.69) is 10.6 Å². The number of piperazine rings is 1. The molecular weight excluding hydrogens is 282 g/mol. The first-order chi connectivity index (χ1) is 9.23. The van der Waals surface area contributed by atoms with Crippen molar-refractivity contribution in [3.8, 4) is 0 Å². The van der Waals surface area contributed by atoms with E-state index in [4.69, 9.17) is 0 Å². The molecule has 0 aromatic heterocycles. The zero-order valence-corrected chi connectivity index (χ0v) is 12.6. The van der Waals surface area contributed by atoms with Crippen LogP contribution >= 0.6 is 0 Å². The molecule has 2 rings (SSSR count). The fourth-order valence-corrected chi connectivity index (χ4v) is 4.68. The SMILES string of the molecule is CC1(C)C(=O)NC(=O)CN1S(=O)(=O)CC1CCCCN1. The molecule has 2 N–H and O–H groups in total. The third kappa shape index (κ3) is 3.02. The highest BCUT2D eigenvalue weighted by atomic mass is 32.2. The van der Waals surface area contributed by atoms with Gasteiger partial charge in [0.05, 0.1) is 12.3 Å². The van der Waals surface area contributed by atoms with Gasteiger partial charge in [-0.2, -0.15) is 4.31 Å². The second-order valence-electron chi connectivity index (χ2n) is 5.87. The maximum absolute atomic E-state index is 12.5. The maximum atomic E-state index is 12.5. The molecule has 0 saturated carbocycles. The molecule has 2 aliphatic heterocycles. The third-order valence-electron chi connectivity index (χ3n) is 3.88. The fourth-order valence-electron chi connectivity index (χ4n) is 2.62. The molecule has 1 unspecified atom stereocenters. The Morgan fingerprint density at radius 3 is 2.60 bits per heavy atom. The molecule has 8 heteroatoms. The molecule has 0 aromatic carbocycles. The van der Waals surface area contributed by atoms with E-state index >= 15 is 0 Å². The lowest BCUT2D eigenvalue weighted by Gasteiger charge is -2.39. The van der Waals surface area contributed by atoms with E-state index in [9.17, 15) is 18.0 Å². The minimum absolute atomic E-state index is 0.0724. The molecule has 2 heterocycles. The summed E-state index contributed by atoms with van der Waals surface area (Å²) in [6.07, 6.45) is 2.84. The lowest BCUT2D eigenvalue weighted by Crippen LogP contribution is -2.66. The number of carbonyl (C=O) groups is 2. The summed E-state index contributed by atoms with van der Waals surface area (Å²) in [7, 11) is -3.67. The molecule has 7 nitrogen and oxygen atoms in total. The van der Waals surface area contributed by atoms with E-state index in [1.54, 1.807) is 0 Å². The largest absolute Gasteiger partial charge is 0.313 e. The van der Waals surface area contributed by atoms with Crippen LogP contribution in [0.5, 0.6) is 0 Å². The van der Waals surface area contributed by atoms with Crippen LogP contribution in [0.3, 0.4) is 0 Å². The summed E-state index contributed by atoms with van der Waals surface area (Å²) < 4.78 is 26.1. The first kappa shape index (κ1) is 15.4. The number of imide groups is 1. The minimum Gasteiger partial charge on any atom is -0.313 e. The van der Waals surface area contributed by atoms with Crippen molar-refractivity contribution in [2.75, 3.05) is 18.8 Å². The summed E-state index contributed by atoms with van der Waals surface area (Å²) >= 11 is 0. The number of sulfonamides is 1. The highest BCUT2D eigenvalue weighted by Gasteiger charge is 2.47. The highest BCUT2D eigenvalue weighted by molar-refractivity contribution is 7.89. The highest BCUT2D eigenvalue weighted by Crippen LogP contribution is 2.23. The quantitative estimate of drug-likeness (QED) is 0.665. The van der Waals surface area contributed by atoms with Crippen molar-refractivity contribution in [3.63, 3.8) is 0 Å². The number of nitrogens with one attached hydrogen (secondary N) is 2. The number of piperidine rings is 1. The van der Waals surface area contributed by atoms with Crippen molar-refractivity contribution in [2.45, 2.75) is 44.7 Å². The number of nitrogens with zero attached hydrogens (tertiary/aromatic N) is 1. The zero-order chi connectivity index (χ0) is 15.0. The predicted octanol–water partition coefficient (Wildman–Crippen LogP) is -0.805. The van der Waals surface area contributed by atoms with Gasteiger partial charge < -0.3 is 5.32 Å². The molecule has 2 fully saturated rings. The standard InChI is InChI=1S/C12H21N3O4S/c1-12(2)11(17)14-10(16)7-15(12)20(18,19)8-9-5-3-4-6-13-9/h9,13H,3-8H2,1-2H3,(H,14,16,17). The average Bonchev–Trinajstić information content (AvgIpc) is 2.34. The Morgan fingerprint density at radius 2 is 2.00 bits per heavy atom. The lowest BCUT2D eigenvalue weighted by molar-refractivity contribution is -0.141. The van der Waals surface area contributed by atoms with E-state index in [0.717, 1.165) is 30.1 Å². The van der Waals surface area contributed by atoms with Crippen LogP contribution in [0.1, 0.15) is 33.1 Å². The van der Waals surface area contributed by atoms with E-state index in [1.165, 1.54) is 13.8 Å². The molecule has 20 heavy (non-hydrogen) atoms. The van der Waals surface area contributed by atoms with Gasteiger partial charge in [0, 0.05) is 6.04 Å². The number of hydrogen-bond acceptors (Lipinski definition) is 5. The summed E-state index contributed by atoms with van der Waals surface area (Å²) in [6, 6.07) is -0.107. The lowest BCUT2D eigenvalue weighted by atomic mass is 10.0. The van der Waals surface area contributed by atoms with E-state index in [1.807, 2.05) is 0 Å².